The highest BCUT2D eigenvalue weighted by atomic mass is 15.2. The van der Waals surface area contributed by atoms with Crippen LogP contribution >= 0.6 is 0 Å². The van der Waals surface area contributed by atoms with Crippen LogP contribution in [0.4, 0.5) is 0 Å². The number of aromatic nitrogens is 4. The standard InChI is InChI=1S/C17H15N4/c1-19-14-6-4-3-5-12(14)15-17(19)21-10-11-7-8-18-9-13(11)16(21)20(15)2/h3-9H,10H2,1-2H3/q+1/i1D3,2D3. The molecule has 5 rings (SSSR count). The predicted octanol–water partition coefficient (Wildman–Crippen LogP) is 2.38. The molecule has 0 aliphatic carbocycles. The van der Waals surface area contributed by atoms with Crippen molar-refractivity contribution in [2.24, 2.45) is 14.0 Å². The zero-order chi connectivity index (χ0) is 19.1. The van der Waals surface area contributed by atoms with Crippen LogP contribution in [0.2, 0.25) is 0 Å². The van der Waals surface area contributed by atoms with Crippen molar-refractivity contribution in [2.45, 2.75) is 6.54 Å². The molecule has 0 saturated carbocycles. The predicted molar refractivity (Wildman–Crippen MR) is 81.9 cm³/mol. The second-order valence-electron chi connectivity index (χ2n) is 5.30. The summed E-state index contributed by atoms with van der Waals surface area (Å²) < 4.78 is 52.9. The van der Waals surface area contributed by atoms with Crippen LogP contribution in [-0.4, -0.2) is 14.1 Å². The Morgan fingerprint density at radius 2 is 2.10 bits per heavy atom. The van der Waals surface area contributed by atoms with Crippen LogP contribution in [-0.2, 0) is 20.5 Å². The number of nitrogens with zero attached hydrogens (tertiary/aromatic N) is 4. The number of benzene rings is 1. The van der Waals surface area contributed by atoms with Crippen molar-refractivity contribution in [3.63, 3.8) is 0 Å². The van der Waals surface area contributed by atoms with Gasteiger partial charge in [-0.1, -0.05) is 12.1 Å². The first-order valence-electron chi connectivity index (χ1n) is 9.71. The molecule has 0 bridgehead atoms. The molecule has 4 aromatic rings. The number of aryl methyl sites for hydroxylation is 2. The van der Waals surface area contributed by atoms with Gasteiger partial charge in [0, 0.05) is 18.0 Å². The summed E-state index contributed by atoms with van der Waals surface area (Å²) >= 11 is 0. The average Bonchev–Trinajstić information content (AvgIpc) is 3.19. The molecule has 0 saturated heterocycles. The Labute approximate surface area is 130 Å². The fourth-order valence-electron chi connectivity index (χ4n) is 3.35. The fraction of sp³-hybridized carbons (Fsp3) is 0.176. The van der Waals surface area contributed by atoms with E-state index >= 15 is 0 Å². The number of pyridine rings is 1. The van der Waals surface area contributed by atoms with Gasteiger partial charge >= 0.3 is 0 Å². The Balaban J connectivity index is 2.07. The van der Waals surface area contributed by atoms with E-state index in [-0.39, 0.29) is 0 Å². The minimum absolute atomic E-state index is 0.388. The van der Waals surface area contributed by atoms with E-state index in [1.807, 2.05) is 6.07 Å². The van der Waals surface area contributed by atoms with Crippen molar-refractivity contribution in [1.82, 2.24) is 14.1 Å². The third-order valence-corrected chi connectivity index (χ3v) is 4.25. The van der Waals surface area contributed by atoms with Crippen molar-refractivity contribution in [2.75, 3.05) is 0 Å². The third kappa shape index (κ3) is 1.17. The van der Waals surface area contributed by atoms with Crippen molar-refractivity contribution in [3.8, 4) is 11.4 Å². The molecule has 21 heavy (non-hydrogen) atoms. The van der Waals surface area contributed by atoms with Gasteiger partial charge < -0.3 is 0 Å². The highest BCUT2D eigenvalue weighted by molar-refractivity contribution is 6.04. The van der Waals surface area contributed by atoms with E-state index in [0.717, 1.165) is 5.56 Å². The molecule has 1 aromatic carbocycles. The first-order chi connectivity index (χ1) is 12.7. The maximum Gasteiger partial charge on any atom is 0.269 e. The van der Waals surface area contributed by atoms with E-state index in [9.17, 15) is 0 Å². The zero-order valence-corrected chi connectivity index (χ0v) is 11.0. The van der Waals surface area contributed by atoms with Crippen molar-refractivity contribution in [1.29, 1.82) is 0 Å². The number of imidazole rings is 1. The second-order valence-corrected chi connectivity index (χ2v) is 5.30. The summed E-state index contributed by atoms with van der Waals surface area (Å²) in [7, 11) is 0. The van der Waals surface area contributed by atoms with Crippen LogP contribution in [0.1, 0.15) is 13.8 Å². The molecule has 4 nitrogen and oxygen atoms in total. The molecule has 4 heteroatoms. The van der Waals surface area contributed by atoms with Crippen molar-refractivity contribution in [3.05, 3.63) is 48.3 Å². The Hall–Kier alpha value is -2.62. The lowest BCUT2D eigenvalue weighted by atomic mass is 10.2. The van der Waals surface area contributed by atoms with Crippen LogP contribution in [0, 0.1) is 0 Å². The van der Waals surface area contributed by atoms with Crippen LogP contribution in [0.15, 0.2) is 42.7 Å². The molecule has 0 N–H and O–H groups in total. The van der Waals surface area contributed by atoms with Gasteiger partial charge in [0.1, 0.15) is 5.52 Å². The van der Waals surface area contributed by atoms with Gasteiger partial charge in [-0.2, -0.15) is 0 Å². The molecule has 1 aliphatic rings. The van der Waals surface area contributed by atoms with Gasteiger partial charge in [0.05, 0.1) is 39.7 Å². The summed E-state index contributed by atoms with van der Waals surface area (Å²) in [6, 6.07) is 8.85. The number of para-hydroxylation sites is 1. The van der Waals surface area contributed by atoms with E-state index in [1.165, 1.54) is 9.13 Å². The van der Waals surface area contributed by atoms with E-state index in [0.29, 0.717) is 40.0 Å². The van der Waals surface area contributed by atoms with E-state index in [2.05, 4.69) is 4.98 Å². The Morgan fingerprint density at radius 3 is 3.00 bits per heavy atom. The summed E-state index contributed by atoms with van der Waals surface area (Å²) in [5.74, 6) is 0.465. The van der Waals surface area contributed by atoms with Crippen molar-refractivity contribution >= 4 is 22.1 Å². The highest BCUT2D eigenvalue weighted by Gasteiger charge is 2.34. The van der Waals surface area contributed by atoms with Crippen molar-refractivity contribution < 1.29 is 12.8 Å². The molecular formula is C17H15N4+. The highest BCUT2D eigenvalue weighted by Crippen LogP contribution is 2.34. The SMILES string of the molecule is [2H]C([2H])([2H])n1c2[n+](c3c1c1ccccc1n3C([2H])([2H])[2H])Cc1ccncc1-2. The maximum atomic E-state index is 8.13. The summed E-state index contributed by atoms with van der Waals surface area (Å²) in [5.41, 5.74) is 2.92. The fourth-order valence-corrected chi connectivity index (χ4v) is 3.35. The van der Waals surface area contributed by atoms with Gasteiger partial charge in [-0.25, -0.2) is 4.57 Å². The molecule has 0 fully saturated rings. The minimum atomic E-state index is -2.47. The number of hydrogen-bond acceptors (Lipinski definition) is 1. The van der Waals surface area contributed by atoms with Gasteiger partial charge in [-0.3, -0.25) is 14.1 Å². The molecule has 0 unspecified atom stereocenters. The third-order valence-electron chi connectivity index (χ3n) is 4.25. The number of rotatable bonds is 0. The molecule has 102 valence electrons. The molecule has 0 radical (unpaired) electrons. The number of hydrogen-bond donors (Lipinski definition) is 0. The summed E-state index contributed by atoms with van der Waals surface area (Å²) in [5, 5.41) is 0.604. The maximum absolute atomic E-state index is 8.13. The topological polar surface area (TPSA) is 26.6 Å². The molecule has 0 atom stereocenters. The van der Waals surface area contributed by atoms with Gasteiger partial charge in [-0.15, -0.1) is 0 Å². The minimum Gasteiger partial charge on any atom is -0.264 e. The monoisotopic (exact) mass is 281 g/mol. The smallest absolute Gasteiger partial charge is 0.264 e. The van der Waals surface area contributed by atoms with E-state index in [4.69, 9.17) is 8.22 Å². The first-order valence-corrected chi connectivity index (χ1v) is 6.71. The summed E-state index contributed by atoms with van der Waals surface area (Å²) in [6.07, 6.45) is 3.29. The molecule has 0 amide bonds. The quantitative estimate of drug-likeness (QED) is 0.400. The largest absolute Gasteiger partial charge is 0.269 e. The van der Waals surface area contributed by atoms with E-state index in [1.54, 1.807) is 41.2 Å². The van der Waals surface area contributed by atoms with Gasteiger partial charge in [-0.05, 0) is 18.2 Å². The average molecular weight is 281 g/mol. The van der Waals surface area contributed by atoms with Gasteiger partial charge in [0.2, 0.25) is 5.82 Å². The summed E-state index contributed by atoms with van der Waals surface area (Å²) in [6.45, 7) is -4.52. The van der Waals surface area contributed by atoms with Crippen LogP contribution in [0.25, 0.3) is 33.5 Å². The first kappa shape index (κ1) is 6.89. The normalized spacial score (nSPS) is 18.5. The number of fused-ring (bicyclic) bond motifs is 7. The van der Waals surface area contributed by atoms with Gasteiger partial charge in [0.25, 0.3) is 5.65 Å². The van der Waals surface area contributed by atoms with Crippen LogP contribution in [0.5, 0.6) is 0 Å². The molecule has 0 spiro atoms. The summed E-state index contributed by atoms with van der Waals surface area (Å²) in [4.78, 5) is 4.14. The van der Waals surface area contributed by atoms with E-state index < -0.39 is 14.0 Å². The lowest BCUT2D eigenvalue weighted by Crippen LogP contribution is -2.33. The molecular weight excluding hydrogens is 260 g/mol. The lowest BCUT2D eigenvalue weighted by Gasteiger charge is -1.97. The molecule has 4 heterocycles. The second kappa shape index (κ2) is 3.52. The Bertz CT molecular complexity index is 1230. The van der Waals surface area contributed by atoms with Crippen LogP contribution < -0.4 is 4.57 Å². The lowest BCUT2D eigenvalue weighted by molar-refractivity contribution is -0.648. The van der Waals surface area contributed by atoms with Gasteiger partial charge in [0.15, 0.2) is 5.52 Å². The Kier molecular flexibility index (Phi) is 1.16. The Morgan fingerprint density at radius 1 is 1.19 bits per heavy atom. The van der Waals surface area contributed by atoms with Crippen LogP contribution in [0.3, 0.4) is 0 Å². The molecule has 3 aromatic heterocycles. The zero-order valence-electron chi connectivity index (χ0n) is 17.0. The molecule has 1 aliphatic heterocycles.